The summed E-state index contributed by atoms with van der Waals surface area (Å²) in [6.07, 6.45) is 0. The minimum Gasteiger partial charge on any atom is -0.388 e. The highest BCUT2D eigenvalue weighted by Gasteiger charge is 2.11. The lowest BCUT2D eigenvalue weighted by Crippen LogP contribution is -2.14. The fourth-order valence-corrected chi connectivity index (χ4v) is 2.31. The number of anilines is 2. The molecular weight excluding hydrogens is 280 g/mol. The van der Waals surface area contributed by atoms with Gasteiger partial charge in [0.1, 0.15) is 10.7 Å². The number of aromatic nitrogens is 2. The topological polar surface area (TPSA) is 63.8 Å². The Morgan fingerprint density at radius 3 is 2.57 bits per heavy atom. The summed E-state index contributed by atoms with van der Waals surface area (Å²) in [6.45, 7) is 8.29. The summed E-state index contributed by atoms with van der Waals surface area (Å²) < 4.78 is 0. The number of rotatable bonds is 4. The van der Waals surface area contributed by atoms with E-state index in [2.05, 4.69) is 54.3 Å². The third-order valence-corrected chi connectivity index (χ3v) is 3.48. The van der Waals surface area contributed by atoms with Gasteiger partial charge < -0.3 is 11.1 Å². The summed E-state index contributed by atoms with van der Waals surface area (Å²) in [6, 6.07) is 8.03. The minimum absolute atomic E-state index is 0.275. The van der Waals surface area contributed by atoms with Crippen molar-refractivity contribution in [3.05, 3.63) is 46.8 Å². The molecule has 2 rings (SSSR count). The largest absolute Gasteiger partial charge is 0.388 e. The van der Waals surface area contributed by atoms with Crippen LogP contribution in [0.3, 0.4) is 0 Å². The summed E-state index contributed by atoms with van der Waals surface area (Å²) >= 11 is 5.00. The van der Waals surface area contributed by atoms with Crippen molar-refractivity contribution in [3.63, 3.8) is 0 Å². The lowest BCUT2D eigenvalue weighted by atomic mass is 9.98. The predicted molar refractivity (Wildman–Crippen MR) is 91.2 cm³/mol. The molecule has 0 unspecified atom stereocenters. The van der Waals surface area contributed by atoms with E-state index >= 15 is 0 Å². The summed E-state index contributed by atoms with van der Waals surface area (Å²) in [5.41, 5.74) is 10.5. The summed E-state index contributed by atoms with van der Waals surface area (Å²) in [4.78, 5) is 9.07. The minimum atomic E-state index is 0.275. The molecule has 0 spiro atoms. The molecule has 0 fully saturated rings. The van der Waals surface area contributed by atoms with Gasteiger partial charge >= 0.3 is 0 Å². The van der Waals surface area contributed by atoms with Crippen LogP contribution in [0, 0.1) is 13.8 Å². The summed E-state index contributed by atoms with van der Waals surface area (Å²) in [5.74, 6) is 0.932. The molecule has 21 heavy (non-hydrogen) atoms. The van der Waals surface area contributed by atoms with Crippen LogP contribution in [-0.4, -0.2) is 15.0 Å². The number of hydrogen-bond acceptors (Lipinski definition) is 4. The second-order valence-corrected chi connectivity index (χ2v) is 5.84. The molecule has 1 heterocycles. The number of aryl methyl sites for hydroxylation is 2. The number of para-hydroxylation sites is 1. The van der Waals surface area contributed by atoms with E-state index in [0.29, 0.717) is 17.6 Å². The zero-order valence-corrected chi connectivity index (χ0v) is 13.6. The van der Waals surface area contributed by atoms with E-state index in [1.54, 1.807) is 6.07 Å². The molecule has 3 N–H and O–H groups in total. The number of thiocarbonyl (C=S) groups is 1. The van der Waals surface area contributed by atoms with Crippen LogP contribution in [-0.2, 0) is 0 Å². The molecule has 0 radical (unpaired) electrons. The van der Waals surface area contributed by atoms with Crippen LogP contribution in [0.5, 0.6) is 0 Å². The molecule has 0 bridgehead atoms. The van der Waals surface area contributed by atoms with Crippen LogP contribution in [0.2, 0.25) is 0 Å². The average Bonchev–Trinajstić information content (AvgIpc) is 2.40. The Bertz CT molecular complexity index is 680. The van der Waals surface area contributed by atoms with Crippen molar-refractivity contribution in [3.8, 4) is 0 Å². The van der Waals surface area contributed by atoms with Gasteiger partial charge in [-0.2, -0.15) is 0 Å². The van der Waals surface area contributed by atoms with Gasteiger partial charge in [0.25, 0.3) is 0 Å². The Morgan fingerprint density at radius 1 is 1.24 bits per heavy atom. The Kier molecular flexibility index (Phi) is 4.53. The van der Waals surface area contributed by atoms with E-state index in [-0.39, 0.29) is 4.99 Å². The first-order chi connectivity index (χ1) is 9.88. The fraction of sp³-hybridized carbons (Fsp3) is 0.312. The van der Waals surface area contributed by atoms with Gasteiger partial charge in [-0.25, -0.2) is 9.97 Å². The van der Waals surface area contributed by atoms with Crippen molar-refractivity contribution < 1.29 is 0 Å². The molecule has 4 nitrogen and oxygen atoms in total. The lowest BCUT2D eigenvalue weighted by Gasteiger charge is -2.16. The molecule has 0 aliphatic heterocycles. The van der Waals surface area contributed by atoms with Gasteiger partial charge in [0, 0.05) is 11.4 Å². The number of nitrogens with one attached hydrogen (secondary N) is 1. The van der Waals surface area contributed by atoms with Crippen molar-refractivity contribution in [1.82, 2.24) is 9.97 Å². The third-order valence-electron chi connectivity index (χ3n) is 3.27. The van der Waals surface area contributed by atoms with Crippen LogP contribution in [0.1, 0.15) is 42.3 Å². The van der Waals surface area contributed by atoms with Crippen molar-refractivity contribution in [1.29, 1.82) is 0 Å². The SMILES string of the molecule is Cc1cc(C(N)=S)nc(Nc2c(C)cccc2C(C)C)n1. The smallest absolute Gasteiger partial charge is 0.228 e. The molecular formula is C16H20N4S. The van der Waals surface area contributed by atoms with Gasteiger partial charge in [-0.1, -0.05) is 44.3 Å². The van der Waals surface area contributed by atoms with E-state index in [1.165, 1.54) is 5.56 Å². The van der Waals surface area contributed by atoms with Crippen LogP contribution < -0.4 is 11.1 Å². The molecule has 1 aromatic heterocycles. The highest BCUT2D eigenvalue weighted by Crippen LogP contribution is 2.29. The van der Waals surface area contributed by atoms with E-state index < -0.39 is 0 Å². The molecule has 0 aliphatic carbocycles. The lowest BCUT2D eigenvalue weighted by molar-refractivity contribution is 0.866. The van der Waals surface area contributed by atoms with Crippen LogP contribution >= 0.6 is 12.2 Å². The number of nitrogens with zero attached hydrogens (tertiary/aromatic N) is 2. The van der Waals surface area contributed by atoms with E-state index in [9.17, 15) is 0 Å². The van der Waals surface area contributed by atoms with Gasteiger partial charge in [-0.15, -0.1) is 0 Å². The monoisotopic (exact) mass is 300 g/mol. The Hall–Kier alpha value is -2.01. The maximum atomic E-state index is 5.67. The Labute approximate surface area is 130 Å². The van der Waals surface area contributed by atoms with Crippen LogP contribution in [0.4, 0.5) is 11.6 Å². The van der Waals surface area contributed by atoms with Crippen molar-refractivity contribution in [2.75, 3.05) is 5.32 Å². The standard InChI is InChI=1S/C16H20N4S/c1-9(2)12-7-5-6-10(3)14(12)20-16-18-11(4)8-13(19-16)15(17)21/h5-9H,1-4H3,(H2,17,21)(H,18,19,20). The predicted octanol–water partition coefficient (Wildman–Crippen LogP) is 3.59. The Morgan fingerprint density at radius 2 is 1.95 bits per heavy atom. The number of nitrogens with two attached hydrogens (primary N) is 1. The van der Waals surface area contributed by atoms with E-state index in [1.807, 2.05) is 6.92 Å². The average molecular weight is 300 g/mol. The van der Waals surface area contributed by atoms with Crippen LogP contribution in [0.15, 0.2) is 24.3 Å². The van der Waals surface area contributed by atoms with Crippen molar-refractivity contribution in [2.45, 2.75) is 33.6 Å². The van der Waals surface area contributed by atoms with Crippen molar-refractivity contribution in [2.24, 2.45) is 5.73 Å². The normalized spacial score (nSPS) is 10.7. The summed E-state index contributed by atoms with van der Waals surface area (Å²) in [7, 11) is 0. The highest BCUT2D eigenvalue weighted by atomic mass is 32.1. The quantitative estimate of drug-likeness (QED) is 0.845. The zero-order chi connectivity index (χ0) is 15.6. The molecule has 0 aliphatic rings. The van der Waals surface area contributed by atoms with Crippen LogP contribution in [0.25, 0.3) is 0 Å². The Balaban J connectivity index is 2.45. The summed E-state index contributed by atoms with van der Waals surface area (Å²) in [5, 5.41) is 3.32. The molecule has 0 atom stereocenters. The van der Waals surface area contributed by atoms with E-state index in [4.69, 9.17) is 18.0 Å². The van der Waals surface area contributed by atoms with Gasteiger partial charge in [0.15, 0.2) is 0 Å². The van der Waals surface area contributed by atoms with Gasteiger partial charge in [-0.05, 0) is 37.0 Å². The molecule has 0 amide bonds. The van der Waals surface area contributed by atoms with Gasteiger partial charge in [0.2, 0.25) is 5.95 Å². The molecule has 2 aromatic rings. The maximum Gasteiger partial charge on any atom is 0.228 e. The first-order valence-corrected chi connectivity index (χ1v) is 7.31. The third kappa shape index (κ3) is 3.55. The van der Waals surface area contributed by atoms with Gasteiger partial charge in [0.05, 0.1) is 0 Å². The molecule has 0 saturated heterocycles. The molecule has 5 heteroatoms. The first kappa shape index (κ1) is 15.4. The molecule has 110 valence electrons. The highest BCUT2D eigenvalue weighted by molar-refractivity contribution is 7.80. The fourth-order valence-electron chi connectivity index (χ4n) is 2.20. The van der Waals surface area contributed by atoms with Crippen molar-refractivity contribution >= 4 is 28.8 Å². The second kappa shape index (κ2) is 6.18. The van der Waals surface area contributed by atoms with Gasteiger partial charge in [-0.3, -0.25) is 0 Å². The first-order valence-electron chi connectivity index (χ1n) is 6.90. The molecule has 0 saturated carbocycles. The second-order valence-electron chi connectivity index (χ2n) is 5.40. The number of benzene rings is 1. The zero-order valence-electron chi connectivity index (χ0n) is 12.8. The maximum absolute atomic E-state index is 5.67. The molecule has 1 aromatic carbocycles. The van der Waals surface area contributed by atoms with E-state index in [0.717, 1.165) is 16.9 Å². The number of hydrogen-bond donors (Lipinski definition) is 2.